The summed E-state index contributed by atoms with van der Waals surface area (Å²) in [4.78, 5) is 24.4. The Kier molecular flexibility index (Phi) is 7.53. The molecule has 0 aromatic heterocycles. The van der Waals surface area contributed by atoms with Gasteiger partial charge in [-0.25, -0.2) is 4.79 Å². The molecule has 0 aliphatic carbocycles. The molecular formula is C20H23NO8. The van der Waals surface area contributed by atoms with Crippen molar-refractivity contribution in [1.29, 1.82) is 0 Å². The number of benzene rings is 2. The number of nitrogens with one attached hydrogen (secondary N) is 1. The zero-order chi connectivity index (χ0) is 21.4. The molecule has 0 unspecified atom stereocenters. The first-order valence-corrected chi connectivity index (χ1v) is 8.46. The van der Waals surface area contributed by atoms with Crippen molar-refractivity contribution in [3.05, 3.63) is 35.9 Å². The molecular weight excluding hydrogens is 382 g/mol. The molecule has 1 amide bonds. The van der Waals surface area contributed by atoms with Crippen LogP contribution in [0.4, 0.5) is 5.69 Å². The van der Waals surface area contributed by atoms with Crippen LogP contribution in [0.15, 0.2) is 30.3 Å². The van der Waals surface area contributed by atoms with E-state index in [1.165, 1.54) is 47.7 Å². The van der Waals surface area contributed by atoms with E-state index in [4.69, 9.17) is 28.4 Å². The van der Waals surface area contributed by atoms with Crippen LogP contribution in [0.2, 0.25) is 0 Å². The minimum atomic E-state index is -0.716. The number of esters is 1. The first-order valence-electron chi connectivity index (χ1n) is 8.46. The number of amides is 1. The second-order valence-corrected chi connectivity index (χ2v) is 5.61. The van der Waals surface area contributed by atoms with Gasteiger partial charge in [0.05, 0.1) is 41.1 Å². The zero-order valence-corrected chi connectivity index (χ0v) is 16.9. The van der Waals surface area contributed by atoms with Crippen LogP contribution >= 0.6 is 0 Å². The average molecular weight is 405 g/mol. The molecule has 2 aromatic rings. The normalized spacial score (nSPS) is 9.97. The van der Waals surface area contributed by atoms with Crippen molar-refractivity contribution in [2.24, 2.45) is 0 Å². The van der Waals surface area contributed by atoms with Crippen LogP contribution < -0.4 is 29.0 Å². The van der Waals surface area contributed by atoms with Crippen LogP contribution in [0.1, 0.15) is 10.4 Å². The smallest absolute Gasteiger partial charge is 0.338 e. The van der Waals surface area contributed by atoms with E-state index < -0.39 is 18.5 Å². The van der Waals surface area contributed by atoms with Crippen LogP contribution in [-0.4, -0.2) is 54.0 Å². The monoisotopic (exact) mass is 405 g/mol. The lowest BCUT2D eigenvalue weighted by Gasteiger charge is -2.14. The fourth-order valence-corrected chi connectivity index (χ4v) is 2.52. The maximum absolute atomic E-state index is 12.3. The first-order chi connectivity index (χ1) is 14.0. The fraction of sp³-hybridized carbons (Fsp3) is 0.300. The molecule has 9 nitrogen and oxygen atoms in total. The Morgan fingerprint density at radius 3 is 1.86 bits per heavy atom. The summed E-state index contributed by atoms with van der Waals surface area (Å²) in [6, 6.07) is 7.76. The Balaban J connectivity index is 2.04. The van der Waals surface area contributed by atoms with Gasteiger partial charge in [0, 0.05) is 11.8 Å². The molecule has 0 saturated carbocycles. The molecule has 29 heavy (non-hydrogen) atoms. The van der Waals surface area contributed by atoms with Gasteiger partial charge in [-0.05, 0) is 24.3 Å². The highest BCUT2D eigenvalue weighted by atomic mass is 16.5. The van der Waals surface area contributed by atoms with Gasteiger partial charge >= 0.3 is 5.97 Å². The molecule has 0 spiro atoms. The summed E-state index contributed by atoms with van der Waals surface area (Å²) >= 11 is 0. The Hall–Kier alpha value is -3.62. The summed E-state index contributed by atoms with van der Waals surface area (Å²) in [5, 5.41) is 2.62. The molecule has 9 heteroatoms. The number of hydrogen-bond donors (Lipinski definition) is 1. The van der Waals surface area contributed by atoms with E-state index in [1.807, 2.05) is 0 Å². The molecule has 0 heterocycles. The van der Waals surface area contributed by atoms with Gasteiger partial charge in [-0.1, -0.05) is 0 Å². The number of carbonyl (C=O) groups excluding carboxylic acids is 2. The van der Waals surface area contributed by atoms with Crippen molar-refractivity contribution in [2.75, 3.05) is 47.5 Å². The molecule has 0 radical (unpaired) electrons. The molecule has 0 atom stereocenters. The molecule has 0 bridgehead atoms. The summed E-state index contributed by atoms with van der Waals surface area (Å²) in [6.45, 7) is -0.482. The van der Waals surface area contributed by atoms with Gasteiger partial charge in [-0.15, -0.1) is 0 Å². The van der Waals surface area contributed by atoms with Crippen molar-refractivity contribution in [2.45, 2.75) is 0 Å². The third-order valence-electron chi connectivity index (χ3n) is 3.90. The summed E-state index contributed by atoms with van der Waals surface area (Å²) < 4.78 is 31.0. The van der Waals surface area contributed by atoms with Crippen LogP contribution in [-0.2, 0) is 9.53 Å². The molecule has 0 saturated heterocycles. The van der Waals surface area contributed by atoms with Crippen LogP contribution in [0.5, 0.6) is 28.7 Å². The predicted molar refractivity (Wildman–Crippen MR) is 105 cm³/mol. The minimum absolute atomic E-state index is 0.151. The number of rotatable bonds is 9. The summed E-state index contributed by atoms with van der Waals surface area (Å²) in [5.74, 6) is 0.698. The third kappa shape index (κ3) is 5.22. The van der Waals surface area contributed by atoms with Crippen molar-refractivity contribution >= 4 is 17.6 Å². The quantitative estimate of drug-likeness (QED) is 0.635. The van der Waals surface area contributed by atoms with Gasteiger partial charge in [-0.2, -0.15) is 0 Å². The van der Waals surface area contributed by atoms with Crippen LogP contribution in [0, 0.1) is 0 Å². The van der Waals surface area contributed by atoms with Gasteiger partial charge in [-0.3, -0.25) is 4.79 Å². The highest BCUT2D eigenvalue weighted by molar-refractivity contribution is 5.96. The van der Waals surface area contributed by atoms with Gasteiger partial charge in [0.2, 0.25) is 5.75 Å². The van der Waals surface area contributed by atoms with Crippen molar-refractivity contribution in [1.82, 2.24) is 0 Å². The van der Waals surface area contributed by atoms with Crippen LogP contribution in [0.25, 0.3) is 0 Å². The fourth-order valence-electron chi connectivity index (χ4n) is 2.52. The molecule has 0 aliphatic heterocycles. The van der Waals surface area contributed by atoms with Gasteiger partial charge < -0.3 is 33.7 Å². The van der Waals surface area contributed by atoms with E-state index in [9.17, 15) is 9.59 Å². The Morgan fingerprint density at radius 2 is 1.34 bits per heavy atom. The van der Waals surface area contributed by atoms with Crippen LogP contribution in [0.3, 0.4) is 0 Å². The van der Waals surface area contributed by atoms with Gasteiger partial charge in [0.25, 0.3) is 5.91 Å². The van der Waals surface area contributed by atoms with Gasteiger partial charge in [0.15, 0.2) is 29.6 Å². The van der Waals surface area contributed by atoms with Crippen molar-refractivity contribution < 1.29 is 38.0 Å². The molecule has 2 aromatic carbocycles. The van der Waals surface area contributed by atoms with E-state index in [0.29, 0.717) is 34.4 Å². The lowest BCUT2D eigenvalue weighted by molar-refractivity contribution is -0.119. The van der Waals surface area contributed by atoms with E-state index in [2.05, 4.69) is 5.32 Å². The Bertz CT molecular complexity index is 856. The van der Waals surface area contributed by atoms with E-state index in [-0.39, 0.29) is 5.56 Å². The highest BCUT2D eigenvalue weighted by Gasteiger charge is 2.19. The summed E-state index contributed by atoms with van der Waals surface area (Å²) in [6.07, 6.45) is 0. The lowest BCUT2D eigenvalue weighted by atomic mass is 10.2. The van der Waals surface area contributed by atoms with E-state index in [1.54, 1.807) is 18.2 Å². The topological polar surface area (TPSA) is 102 Å². The SMILES string of the molecule is COc1ccc(NC(=O)COC(=O)c2cc(OC)c(OC)c(OC)c2)cc1OC. The van der Waals surface area contributed by atoms with E-state index in [0.717, 1.165) is 0 Å². The summed E-state index contributed by atoms with van der Waals surface area (Å²) in [5.41, 5.74) is 0.620. The zero-order valence-electron chi connectivity index (χ0n) is 16.9. The molecule has 1 N–H and O–H groups in total. The van der Waals surface area contributed by atoms with Crippen molar-refractivity contribution in [3.63, 3.8) is 0 Å². The maximum atomic E-state index is 12.3. The second-order valence-electron chi connectivity index (χ2n) is 5.61. The maximum Gasteiger partial charge on any atom is 0.338 e. The minimum Gasteiger partial charge on any atom is -0.493 e. The average Bonchev–Trinajstić information content (AvgIpc) is 2.75. The number of anilines is 1. The number of ether oxygens (including phenoxy) is 6. The second kappa shape index (κ2) is 10.1. The molecule has 2 rings (SSSR count). The number of hydrogen-bond acceptors (Lipinski definition) is 8. The molecule has 0 aliphatic rings. The predicted octanol–water partition coefficient (Wildman–Crippen LogP) is 2.53. The van der Waals surface area contributed by atoms with Gasteiger partial charge in [0.1, 0.15) is 0 Å². The molecule has 156 valence electrons. The largest absolute Gasteiger partial charge is 0.493 e. The Labute approximate surface area is 168 Å². The lowest BCUT2D eigenvalue weighted by Crippen LogP contribution is -2.21. The standard InChI is InChI=1S/C20H23NO8/c1-24-14-7-6-13(10-15(14)25-2)21-18(22)11-29-20(23)12-8-16(26-3)19(28-5)17(9-12)27-4/h6-10H,11H2,1-5H3,(H,21,22). The number of carbonyl (C=O) groups is 2. The first kappa shape index (κ1) is 21.7. The van der Waals surface area contributed by atoms with E-state index >= 15 is 0 Å². The van der Waals surface area contributed by atoms with Crippen molar-refractivity contribution in [3.8, 4) is 28.7 Å². The summed E-state index contributed by atoms with van der Waals surface area (Å²) in [7, 11) is 7.32. The third-order valence-corrected chi connectivity index (χ3v) is 3.90. The Morgan fingerprint density at radius 1 is 0.759 bits per heavy atom. The number of methoxy groups -OCH3 is 5. The highest BCUT2D eigenvalue weighted by Crippen LogP contribution is 2.38. The molecule has 0 fully saturated rings.